The molecule has 110 valence electrons. The van der Waals surface area contributed by atoms with Gasteiger partial charge in [0.15, 0.2) is 0 Å². The molecule has 0 spiro atoms. The average molecular weight is 275 g/mol. The fraction of sp³-hybridized carbons (Fsp3) is 0.625. The molecule has 0 aliphatic carbocycles. The molecule has 1 unspecified atom stereocenters. The van der Waals surface area contributed by atoms with Crippen molar-refractivity contribution < 1.29 is 4.74 Å². The van der Waals surface area contributed by atoms with E-state index in [0.29, 0.717) is 6.10 Å². The van der Waals surface area contributed by atoms with Crippen LogP contribution >= 0.6 is 0 Å². The summed E-state index contributed by atoms with van der Waals surface area (Å²) in [5.74, 6) is 0.985. The highest BCUT2D eigenvalue weighted by atomic mass is 16.5. The largest absolute Gasteiger partial charge is 0.486 e. The highest BCUT2D eigenvalue weighted by Gasteiger charge is 2.25. The van der Waals surface area contributed by atoms with Crippen molar-refractivity contribution in [3.05, 3.63) is 18.2 Å². The maximum atomic E-state index is 6.03. The lowest BCUT2D eigenvalue weighted by molar-refractivity contribution is 0.187. The van der Waals surface area contributed by atoms with E-state index in [1.54, 1.807) is 0 Å². The second-order valence-electron chi connectivity index (χ2n) is 5.87. The van der Waals surface area contributed by atoms with Gasteiger partial charge in [0.25, 0.3) is 0 Å². The number of fused-ring (bicyclic) bond motifs is 1. The molecule has 1 aromatic carbocycles. The third-order valence-corrected chi connectivity index (χ3v) is 4.38. The Kier molecular flexibility index (Phi) is 4.01. The van der Waals surface area contributed by atoms with E-state index in [2.05, 4.69) is 16.7 Å². The van der Waals surface area contributed by atoms with E-state index in [9.17, 15) is 0 Å². The smallest absolute Gasteiger partial charge is 0.143 e. The Morgan fingerprint density at radius 3 is 2.80 bits per heavy atom. The molecule has 0 amide bonds. The molecule has 1 aromatic rings. The predicted molar refractivity (Wildman–Crippen MR) is 83.4 cm³/mol. The van der Waals surface area contributed by atoms with E-state index >= 15 is 0 Å². The number of nitrogens with two attached hydrogens (primary N) is 1. The summed E-state index contributed by atoms with van der Waals surface area (Å²) >= 11 is 0. The van der Waals surface area contributed by atoms with Gasteiger partial charge in [-0.1, -0.05) is 6.92 Å². The quantitative estimate of drug-likeness (QED) is 0.856. The summed E-state index contributed by atoms with van der Waals surface area (Å²) in [5, 5.41) is 0. The first-order valence-corrected chi connectivity index (χ1v) is 7.79. The maximum Gasteiger partial charge on any atom is 0.143 e. The molecule has 0 aromatic heterocycles. The molecule has 0 saturated carbocycles. The highest BCUT2D eigenvalue weighted by Crippen LogP contribution is 2.35. The average Bonchev–Trinajstić information content (AvgIpc) is 2.98. The van der Waals surface area contributed by atoms with Crippen molar-refractivity contribution in [1.82, 2.24) is 4.90 Å². The first kappa shape index (κ1) is 13.6. The summed E-state index contributed by atoms with van der Waals surface area (Å²) in [4.78, 5) is 5.00. The van der Waals surface area contributed by atoms with Crippen molar-refractivity contribution in [3.8, 4) is 5.75 Å². The van der Waals surface area contributed by atoms with Gasteiger partial charge >= 0.3 is 0 Å². The van der Waals surface area contributed by atoms with Crippen LogP contribution in [0.1, 0.15) is 26.2 Å². The van der Waals surface area contributed by atoms with E-state index in [0.717, 1.165) is 43.2 Å². The van der Waals surface area contributed by atoms with Gasteiger partial charge in [-0.2, -0.15) is 0 Å². The standard InChI is InChI=1S/C16H25N3O/c1-2-14-12-19(10-9-18-7-3-4-8-18)15-11-13(17)5-6-16(15)20-14/h5-6,11,14H,2-4,7-10,12,17H2,1H3. The van der Waals surface area contributed by atoms with E-state index < -0.39 is 0 Å². The molecule has 2 aliphatic heterocycles. The Balaban J connectivity index is 1.73. The lowest BCUT2D eigenvalue weighted by atomic mass is 10.1. The van der Waals surface area contributed by atoms with Crippen LogP contribution in [0.25, 0.3) is 0 Å². The minimum Gasteiger partial charge on any atom is -0.486 e. The lowest BCUT2D eigenvalue weighted by Crippen LogP contribution is -2.43. The Hall–Kier alpha value is -1.42. The number of anilines is 2. The minimum atomic E-state index is 0.296. The van der Waals surface area contributed by atoms with Crippen LogP contribution < -0.4 is 15.4 Å². The van der Waals surface area contributed by atoms with Gasteiger partial charge in [-0.25, -0.2) is 0 Å². The van der Waals surface area contributed by atoms with Gasteiger partial charge in [0.2, 0.25) is 0 Å². The Morgan fingerprint density at radius 1 is 1.25 bits per heavy atom. The molecule has 0 bridgehead atoms. The second kappa shape index (κ2) is 5.92. The van der Waals surface area contributed by atoms with Crippen molar-refractivity contribution >= 4 is 11.4 Å². The molecule has 3 rings (SSSR count). The number of nitrogen functional groups attached to an aromatic ring is 1. The van der Waals surface area contributed by atoms with Crippen molar-refractivity contribution in [1.29, 1.82) is 0 Å². The molecular weight excluding hydrogens is 250 g/mol. The maximum absolute atomic E-state index is 6.03. The van der Waals surface area contributed by atoms with Gasteiger partial charge in [0.05, 0.1) is 12.2 Å². The number of hydrogen-bond acceptors (Lipinski definition) is 4. The number of benzene rings is 1. The number of hydrogen-bond donors (Lipinski definition) is 1. The zero-order chi connectivity index (χ0) is 13.9. The summed E-state index contributed by atoms with van der Waals surface area (Å²) in [6, 6.07) is 5.98. The van der Waals surface area contributed by atoms with E-state index in [4.69, 9.17) is 10.5 Å². The summed E-state index contributed by atoms with van der Waals surface area (Å²) in [5.41, 5.74) is 7.91. The van der Waals surface area contributed by atoms with Gasteiger partial charge < -0.3 is 20.3 Å². The number of rotatable bonds is 4. The third-order valence-electron chi connectivity index (χ3n) is 4.38. The van der Waals surface area contributed by atoms with Crippen LogP contribution in [-0.4, -0.2) is 43.7 Å². The molecule has 1 fully saturated rings. The van der Waals surface area contributed by atoms with Gasteiger partial charge in [0.1, 0.15) is 11.9 Å². The van der Waals surface area contributed by atoms with Gasteiger partial charge in [-0.3, -0.25) is 0 Å². The normalized spacial score (nSPS) is 22.6. The lowest BCUT2D eigenvalue weighted by Gasteiger charge is -2.37. The molecule has 0 radical (unpaired) electrons. The molecule has 1 atom stereocenters. The number of likely N-dealkylation sites (tertiary alicyclic amines) is 1. The van der Waals surface area contributed by atoms with Gasteiger partial charge in [-0.15, -0.1) is 0 Å². The second-order valence-corrected chi connectivity index (χ2v) is 5.87. The van der Waals surface area contributed by atoms with Gasteiger partial charge in [0, 0.05) is 18.8 Å². The van der Waals surface area contributed by atoms with Crippen molar-refractivity contribution in [2.24, 2.45) is 0 Å². The molecule has 20 heavy (non-hydrogen) atoms. The fourth-order valence-electron chi connectivity index (χ4n) is 3.13. The molecule has 1 saturated heterocycles. The monoisotopic (exact) mass is 275 g/mol. The summed E-state index contributed by atoms with van der Waals surface area (Å²) in [7, 11) is 0. The number of ether oxygens (including phenoxy) is 1. The van der Waals surface area contributed by atoms with Crippen LogP contribution in [0.15, 0.2) is 18.2 Å². The Bertz CT molecular complexity index is 457. The van der Waals surface area contributed by atoms with Crippen LogP contribution in [0.2, 0.25) is 0 Å². The molecule has 4 heteroatoms. The zero-order valence-corrected chi connectivity index (χ0v) is 12.3. The van der Waals surface area contributed by atoms with Crippen molar-refractivity contribution in [2.45, 2.75) is 32.3 Å². The fourth-order valence-corrected chi connectivity index (χ4v) is 3.13. The van der Waals surface area contributed by atoms with Crippen molar-refractivity contribution in [2.75, 3.05) is 43.4 Å². The molecule has 2 aliphatic rings. The first-order chi connectivity index (χ1) is 9.76. The third kappa shape index (κ3) is 2.85. The van der Waals surface area contributed by atoms with E-state index in [-0.39, 0.29) is 0 Å². The molecular formula is C16H25N3O. The van der Waals surface area contributed by atoms with E-state index in [1.165, 1.54) is 25.9 Å². The topological polar surface area (TPSA) is 41.7 Å². The first-order valence-electron chi connectivity index (χ1n) is 7.79. The van der Waals surface area contributed by atoms with E-state index in [1.807, 2.05) is 18.2 Å². The highest BCUT2D eigenvalue weighted by molar-refractivity contribution is 5.66. The van der Waals surface area contributed by atoms with Crippen LogP contribution in [0.5, 0.6) is 5.75 Å². The van der Waals surface area contributed by atoms with Crippen molar-refractivity contribution in [3.63, 3.8) is 0 Å². The summed E-state index contributed by atoms with van der Waals surface area (Å²) in [6.07, 6.45) is 4.04. The summed E-state index contributed by atoms with van der Waals surface area (Å²) < 4.78 is 6.03. The SMILES string of the molecule is CCC1CN(CCN2CCCC2)c2cc(N)ccc2O1. The summed E-state index contributed by atoms with van der Waals surface area (Å²) in [6.45, 7) is 7.88. The predicted octanol–water partition coefficient (Wildman–Crippen LogP) is 2.34. The van der Waals surface area contributed by atoms with Crippen LogP contribution in [0.4, 0.5) is 11.4 Å². The Morgan fingerprint density at radius 2 is 2.05 bits per heavy atom. The van der Waals surface area contributed by atoms with Crippen LogP contribution in [0.3, 0.4) is 0 Å². The Labute approximate surface area is 121 Å². The van der Waals surface area contributed by atoms with Gasteiger partial charge in [-0.05, 0) is 50.6 Å². The zero-order valence-electron chi connectivity index (χ0n) is 12.3. The van der Waals surface area contributed by atoms with Crippen LogP contribution in [0, 0.1) is 0 Å². The minimum absolute atomic E-state index is 0.296. The molecule has 2 heterocycles. The van der Waals surface area contributed by atoms with Crippen LogP contribution in [-0.2, 0) is 0 Å². The molecule has 2 N–H and O–H groups in total. The molecule has 4 nitrogen and oxygen atoms in total. The number of nitrogens with zero attached hydrogens (tertiary/aromatic N) is 2.